The number of nitrogens with zero attached hydrogens (tertiary/aromatic N) is 2. The summed E-state index contributed by atoms with van der Waals surface area (Å²) in [5.74, 6) is 0.457. The Morgan fingerprint density at radius 1 is 1.22 bits per heavy atom. The van der Waals surface area contributed by atoms with Crippen LogP contribution in [0.1, 0.15) is 24.8 Å². The fourth-order valence-electron chi connectivity index (χ4n) is 3.12. The molecule has 1 saturated heterocycles. The van der Waals surface area contributed by atoms with Crippen LogP contribution >= 0.6 is 0 Å². The first-order valence-electron chi connectivity index (χ1n) is 8.84. The smallest absolute Gasteiger partial charge is 0.223 e. The van der Waals surface area contributed by atoms with Crippen LogP contribution in [-0.4, -0.2) is 62.5 Å². The largest absolute Gasteiger partial charge is 0.355 e. The van der Waals surface area contributed by atoms with Gasteiger partial charge in [-0.2, -0.15) is 0 Å². The first-order chi connectivity index (χ1) is 11.1. The Labute approximate surface area is 140 Å². The molecule has 1 fully saturated rings. The lowest BCUT2D eigenvalue weighted by atomic mass is 9.95. The predicted octanol–water partition coefficient (Wildman–Crippen LogP) is 2.01. The molecular weight excluding hydrogens is 286 g/mol. The molecule has 0 spiro atoms. The van der Waals surface area contributed by atoms with Crippen LogP contribution in [0.15, 0.2) is 30.3 Å². The molecular formula is C19H31N3O. The van der Waals surface area contributed by atoms with E-state index in [1.165, 1.54) is 12.0 Å². The van der Waals surface area contributed by atoms with Gasteiger partial charge in [-0.15, -0.1) is 0 Å². The van der Waals surface area contributed by atoms with Crippen molar-refractivity contribution in [3.8, 4) is 0 Å². The molecule has 2 rings (SSSR count). The van der Waals surface area contributed by atoms with Crippen LogP contribution in [0, 0.1) is 5.92 Å². The lowest BCUT2D eigenvalue weighted by Gasteiger charge is -2.31. The van der Waals surface area contributed by atoms with Crippen LogP contribution in [0.4, 0.5) is 0 Å². The summed E-state index contributed by atoms with van der Waals surface area (Å²) >= 11 is 0. The molecule has 128 valence electrons. The number of rotatable bonds is 8. The number of amides is 1. The lowest BCUT2D eigenvalue weighted by Crippen LogP contribution is -2.42. The van der Waals surface area contributed by atoms with E-state index in [2.05, 4.69) is 45.4 Å². The second-order valence-electron chi connectivity index (χ2n) is 6.80. The summed E-state index contributed by atoms with van der Waals surface area (Å²) in [5.41, 5.74) is 1.42. The van der Waals surface area contributed by atoms with Crippen molar-refractivity contribution in [3.63, 3.8) is 0 Å². The fraction of sp³-hybridized carbons (Fsp3) is 0.632. The van der Waals surface area contributed by atoms with Gasteiger partial charge in [0.15, 0.2) is 0 Å². The molecule has 1 aliphatic heterocycles. The van der Waals surface area contributed by atoms with Crippen LogP contribution in [0.3, 0.4) is 0 Å². The second kappa shape index (κ2) is 9.68. The molecule has 4 nitrogen and oxygen atoms in total. The van der Waals surface area contributed by atoms with Crippen molar-refractivity contribution >= 4 is 5.91 Å². The first-order valence-corrected chi connectivity index (χ1v) is 8.84. The van der Waals surface area contributed by atoms with Gasteiger partial charge in [-0.3, -0.25) is 4.79 Å². The van der Waals surface area contributed by atoms with Crippen LogP contribution in [-0.2, 0) is 11.2 Å². The quantitative estimate of drug-likeness (QED) is 0.797. The number of nitrogens with one attached hydrogen (secondary N) is 1. The number of aryl methyl sites for hydroxylation is 1. The molecule has 0 saturated carbocycles. The van der Waals surface area contributed by atoms with Crippen molar-refractivity contribution in [2.24, 2.45) is 5.92 Å². The third kappa shape index (κ3) is 6.71. The molecule has 1 N–H and O–H groups in total. The van der Waals surface area contributed by atoms with Gasteiger partial charge >= 0.3 is 0 Å². The average Bonchev–Trinajstić information content (AvgIpc) is 2.56. The molecule has 4 heteroatoms. The van der Waals surface area contributed by atoms with Crippen molar-refractivity contribution in [2.75, 3.05) is 46.8 Å². The highest BCUT2D eigenvalue weighted by molar-refractivity contribution is 5.78. The van der Waals surface area contributed by atoms with Gasteiger partial charge < -0.3 is 15.1 Å². The SMILES string of the molecule is CN(C)CCNC(=O)C1CCN(CCCc2ccccc2)CC1. The summed E-state index contributed by atoms with van der Waals surface area (Å²) in [6.45, 7) is 4.91. The maximum absolute atomic E-state index is 12.1. The average molecular weight is 317 g/mol. The molecule has 1 heterocycles. The summed E-state index contributed by atoms with van der Waals surface area (Å²) < 4.78 is 0. The zero-order valence-corrected chi connectivity index (χ0v) is 14.6. The van der Waals surface area contributed by atoms with Gasteiger partial charge in [-0.1, -0.05) is 30.3 Å². The third-order valence-corrected chi connectivity index (χ3v) is 4.60. The minimum atomic E-state index is 0.211. The zero-order valence-electron chi connectivity index (χ0n) is 14.6. The molecule has 0 unspecified atom stereocenters. The molecule has 1 aliphatic rings. The number of carbonyl (C=O) groups excluding carboxylic acids is 1. The van der Waals surface area contributed by atoms with Gasteiger partial charge in [0, 0.05) is 19.0 Å². The van der Waals surface area contributed by atoms with E-state index in [4.69, 9.17) is 0 Å². The van der Waals surface area contributed by atoms with Crippen LogP contribution in [0.25, 0.3) is 0 Å². The number of hydrogen-bond donors (Lipinski definition) is 1. The minimum Gasteiger partial charge on any atom is -0.355 e. The summed E-state index contributed by atoms with van der Waals surface area (Å²) in [4.78, 5) is 16.7. The first kappa shape index (κ1) is 18.0. The molecule has 23 heavy (non-hydrogen) atoms. The van der Waals surface area contributed by atoms with E-state index in [0.717, 1.165) is 52.0 Å². The summed E-state index contributed by atoms with van der Waals surface area (Å²) in [6, 6.07) is 10.7. The Kier molecular flexibility index (Phi) is 7.56. The van der Waals surface area contributed by atoms with E-state index in [-0.39, 0.29) is 11.8 Å². The second-order valence-corrected chi connectivity index (χ2v) is 6.80. The summed E-state index contributed by atoms with van der Waals surface area (Å²) in [6.07, 6.45) is 4.34. The van der Waals surface area contributed by atoms with Crippen molar-refractivity contribution in [1.29, 1.82) is 0 Å². The van der Waals surface area contributed by atoms with Crippen molar-refractivity contribution in [3.05, 3.63) is 35.9 Å². The number of benzene rings is 1. The highest BCUT2D eigenvalue weighted by Crippen LogP contribution is 2.17. The highest BCUT2D eigenvalue weighted by atomic mass is 16.1. The van der Waals surface area contributed by atoms with Gasteiger partial charge in [0.05, 0.1) is 0 Å². The van der Waals surface area contributed by atoms with Gasteiger partial charge in [-0.25, -0.2) is 0 Å². The number of hydrogen-bond acceptors (Lipinski definition) is 3. The maximum atomic E-state index is 12.1. The molecule has 0 radical (unpaired) electrons. The molecule has 1 amide bonds. The van der Waals surface area contributed by atoms with E-state index in [0.29, 0.717) is 0 Å². The summed E-state index contributed by atoms with van der Waals surface area (Å²) in [7, 11) is 4.06. The molecule has 1 aromatic carbocycles. The van der Waals surface area contributed by atoms with E-state index in [9.17, 15) is 4.79 Å². The van der Waals surface area contributed by atoms with Gasteiger partial charge in [0.25, 0.3) is 0 Å². The van der Waals surface area contributed by atoms with Crippen molar-refractivity contribution in [1.82, 2.24) is 15.1 Å². The molecule has 0 aliphatic carbocycles. The minimum absolute atomic E-state index is 0.211. The Balaban J connectivity index is 1.59. The van der Waals surface area contributed by atoms with Gasteiger partial charge in [0.1, 0.15) is 0 Å². The lowest BCUT2D eigenvalue weighted by molar-refractivity contribution is -0.126. The predicted molar refractivity (Wildman–Crippen MR) is 95.5 cm³/mol. The third-order valence-electron chi connectivity index (χ3n) is 4.60. The Bertz CT molecular complexity index is 453. The maximum Gasteiger partial charge on any atom is 0.223 e. The van der Waals surface area contributed by atoms with Crippen LogP contribution in [0.2, 0.25) is 0 Å². The highest BCUT2D eigenvalue weighted by Gasteiger charge is 2.24. The number of piperidine rings is 1. The normalized spacial score (nSPS) is 16.7. The zero-order chi connectivity index (χ0) is 16.5. The Morgan fingerprint density at radius 3 is 2.57 bits per heavy atom. The van der Waals surface area contributed by atoms with Crippen LogP contribution < -0.4 is 5.32 Å². The number of carbonyl (C=O) groups is 1. The van der Waals surface area contributed by atoms with Crippen LogP contribution in [0.5, 0.6) is 0 Å². The van der Waals surface area contributed by atoms with Gasteiger partial charge in [0.2, 0.25) is 5.91 Å². The van der Waals surface area contributed by atoms with E-state index in [1.54, 1.807) is 0 Å². The fourth-order valence-corrected chi connectivity index (χ4v) is 3.12. The molecule has 0 bridgehead atoms. The summed E-state index contributed by atoms with van der Waals surface area (Å²) in [5, 5.41) is 3.06. The van der Waals surface area contributed by atoms with Gasteiger partial charge in [-0.05, 0) is 65.0 Å². The topological polar surface area (TPSA) is 35.6 Å². The Morgan fingerprint density at radius 2 is 1.91 bits per heavy atom. The van der Waals surface area contributed by atoms with E-state index >= 15 is 0 Å². The number of likely N-dealkylation sites (tertiary alicyclic amines) is 1. The van der Waals surface area contributed by atoms with E-state index < -0.39 is 0 Å². The van der Waals surface area contributed by atoms with Crippen molar-refractivity contribution in [2.45, 2.75) is 25.7 Å². The van der Waals surface area contributed by atoms with E-state index in [1.807, 2.05) is 14.1 Å². The van der Waals surface area contributed by atoms with Crippen molar-refractivity contribution < 1.29 is 4.79 Å². The molecule has 1 aromatic rings. The molecule has 0 aromatic heterocycles. The standard InChI is InChI=1S/C19H31N3O/c1-21(2)16-12-20-19(23)18-10-14-22(15-11-18)13-6-9-17-7-4-3-5-8-17/h3-5,7-8,18H,6,9-16H2,1-2H3,(H,20,23). The monoisotopic (exact) mass is 317 g/mol. The number of likely N-dealkylation sites (N-methyl/N-ethyl adjacent to an activating group) is 1. The Hall–Kier alpha value is -1.39. The molecule has 0 atom stereocenters.